The van der Waals surface area contributed by atoms with E-state index in [0.717, 1.165) is 4.47 Å². The van der Waals surface area contributed by atoms with E-state index in [1.807, 2.05) is 25.0 Å². The maximum atomic E-state index is 4.36. The van der Waals surface area contributed by atoms with Gasteiger partial charge in [0.2, 0.25) is 0 Å². The zero-order valence-corrected chi connectivity index (χ0v) is 13.3. The molecule has 1 fully saturated rings. The highest BCUT2D eigenvalue weighted by atomic mass is 79.9. The molecule has 0 bridgehead atoms. The summed E-state index contributed by atoms with van der Waals surface area (Å²) in [6.07, 6.45) is 6.99. The lowest BCUT2D eigenvalue weighted by Gasteiger charge is -2.43. The van der Waals surface area contributed by atoms with E-state index in [4.69, 9.17) is 0 Å². The number of aryl methyl sites for hydroxylation is 1. The van der Waals surface area contributed by atoms with Crippen molar-refractivity contribution in [2.24, 2.45) is 7.05 Å². The van der Waals surface area contributed by atoms with Crippen LogP contribution < -0.4 is 5.32 Å². The highest BCUT2D eigenvalue weighted by molar-refractivity contribution is 9.10. The quantitative estimate of drug-likeness (QED) is 0.926. The van der Waals surface area contributed by atoms with Gasteiger partial charge >= 0.3 is 0 Å². The number of aromatic nitrogens is 2. The minimum atomic E-state index is 0.199. The summed E-state index contributed by atoms with van der Waals surface area (Å²) in [5, 5.41) is 7.88. The zero-order chi connectivity index (χ0) is 13.3. The van der Waals surface area contributed by atoms with Gasteiger partial charge in [0.1, 0.15) is 0 Å². The summed E-state index contributed by atoms with van der Waals surface area (Å²) in [5.74, 6) is 0. The summed E-state index contributed by atoms with van der Waals surface area (Å²) < 4.78 is 3.08. The van der Waals surface area contributed by atoms with Crippen LogP contribution in [0, 0.1) is 0 Å². The van der Waals surface area contributed by atoms with E-state index >= 15 is 0 Å². The molecular formula is C13H23BrN4. The molecule has 0 radical (unpaired) electrons. The van der Waals surface area contributed by atoms with E-state index in [2.05, 4.69) is 45.3 Å². The van der Waals surface area contributed by atoms with Crippen molar-refractivity contribution in [2.75, 3.05) is 21.1 Å². The van der Waals surface area contributed by atoms with Crippen LogP contribution in [0.15, 0.2) is 10.7 Å². The van der Waals surface area contributed by atoms with Crippen molar-refractivity contribution in [1.82, 2.24) is 20.0 Å². The number of nitrogens with zero attached hydrogens (tertiary/aromatic N) is 3. The van der Waals surface area contributed by atoms with Gasteiger partial charge in [-0.25, -0.2) is 0 Å². The van der Waals surface area contributed by atoms with Crippen molar-refractivity contribution in [3.8, 4) is 0 Å². The molecule has 1 heterocycles. The van der Waals surface area contributed by atoms with E-state index in [1.165, 1.54) is 31.4 Å². The Morgan fingerprint density at radius 2 is 2.06 bits per heavy atom. The number of halogens is 1. The van der Waals surface area contributed by atoms with Gasteiger partial charge in [-0.05, 0) is 49.9 Å². The summed E-state index contributed by atoms with van der Waals surface area (Å²) in [7, 11) is 8.45. The van der Waals surface area contributed by atoms with E-state index in [-0.39, 0.29) is 5.54 Å². The van der Waals surface area contributed by atoms with Gasteiger partial charge in [0, 0.05) is 12.6 Å². The molecule has 1 aliphatic rings. The molecule has 0 spiro atoms. The van der Waals surface area contributed by atoms with Crippen LogP contribution in [0.4, 0.5) is 0 Å². The maximum absolute atomic E-state index is 4.36. The monoisotopic (exact) mass is 314 g/mol. The smallest absolute Gasteiger partial charge is 0.0711 e. The summed E-state index contributed by atoms with van der Waals surface area (Å²) in [4.78, 5) is 2.39. The fraction of sp³-hybridized carbons (Fsp3) is 0.769. The molecule has 1 aliphatic carbocycles. The van der Waals surface area contributed by atoms with Gasteiger partial charge < -0.3 is 10.2 Å². The number of rotatable bonds is 4. The normalized spacial score (nSPS) is 20.6. The lowest BCUT2D eigenvalue weighted by molar-refractivity contribution is 0.104. The summed E-state index contributed by atoms with van der Waals surface area (Å²) in [6.45, 7) is 0. The molecule has 0 saturated heterocycles. The largest absolute Gasteiger partial charge is 0.310 e. The van der Waals surface area contributed by atoms with Crippen LogP contribution in [-0.2, 0) is 7.05 Å². The minimum absolute atomic E-state index is 0.199. The first kappa shape index (κ1) is 14.0. The first-order valence-electron chi connectivity index (χ1n) is 6.55. The standard InChI is InChI=1S/C13H23BrN4/c1-15-12(11-10(14)9-16-18(11)4)13(17(2)3)7-5-6-8-13/h9,12,15H,5-8H2,1-4H3. The van der Waals surface area contributed by atoms with Gasteiger partial charge in [-0.1, -0.05) is 12.8 Å². The number of likely N-dealkylation sites (N-methyl/N-ethyl adjacent to an activating group) is 2. The third kappa shape index (κ3) is 2.12. The predicted molar refractivity (Wildman–Crippen MR) is 77.6 cm³/mol. The lowest BCUT2D eigenvalue weighted by Crippen LogP contribution is -2.51. The Balaban J connectivity index is 2.44. The van der Waals surface area contributed by atoms with Crippen molar-refractivity contribution >= 4 is 15.9 Å². The molecule has 5 heteroatoms. The minimum Gasteiger partial charge on any atom is -0.310 e. The third-order valence-corrected chi connectivity index (χ3v) is 5.01. The fourth-order valence-electron chi connectivity index (χ4n) is 3.39. The second-order valence-electron chi connectivity index (χ2n) is 5.43. The van der Waals surface area contributed by atoms with Crippen LogP contribution in [0.1, 0.15) is 37.4 Å². The Morgan fingerprint density at radius 1 is 1.44 bits per heavy atom. The van der Waals surface area contributed by atoms with Gasteiger partial charge in [-0.2, -0.15) is 5.10 Å². The second kappa shape index (κ2) is 5.31. The number of hydrogen-bond acceptors (Lipinski definition) is 3. The average Bonchev–Trinajstić information content (AvgIpc) is 2.92. The Labute approximate surface area is 118 Å². The van der Waals surface area contributed by atoms with Gasteiger partial charge in [0.25, 0.3) is 0 Å². The van der Waals surface area contributed by atoms with E-state index in [9.17, 15) is 0 Å². The van der Waals surface area contributed by atoms with Gasteiger partial charge in [-0.3, -0.25) is 4.68 Å². The highest BCUT2D eigenvalue weighted by Crippen LogP contribution is 2.44. The topological polar surface area (TPSA) is 33.1 Å². The molecule has 2 rings (SSSR count). The molecule has 1 saturated carbocycles. The van der Waals surface area contributed by atoms with Crippen LogP contribution in [0.3, 0.4) is 0 Å². The molecule has 1 unspecified atom stereocenters. The summed E-state index contributed by atoms with van der Waals surface area (Å²) >= 11 is 3.64. The van der Waals surface area contributed by atoms with Crippen molar-refractivity contribution < 1.29 is 0 Å². The summed E-state index contributed by atoms with van der Waals surface area (Å²) in [6, 6.07) is 0.303. The molecule has 0 amide bonds. The maximum Gasteiger partial charge on any atom is 0.0711 e. The van der Waals surface area contributed by atoms with Crippen LogP contribution >= 0.6 is 15.9 Å². The van der Waals surface area contributed by atoms with Crippen LogP contribution in [0.5, 0.6) is 0 Å². The number of nitrogens with one attached hydrogen (secondary N) is 1. The highest BCUT2D eigenvalue weighted by Gasteiger charge is 2.45. The Hall–Kier alpha value is -0.390. The molecule has 1 aromatic heterocycles. The predicted octanol–water partition coefficient (Wildman–Crippen LogP) is 2.32. The van der Waals surface area contributed by atoms with Crippen molar-refractivity contribution in [2.45, 2.75) is 37.3 Å². The molecule has 0 aromatic carbocycles. The zero-order valence-electron chi connectivity index (χ0n) is 11.7. The van der Waals surface area contributed by atoms with E-state index in [1.54, 1.807) is 0 Å². The SMILES string of the molecule is CNC(c1c(Br)cnn1C)C1(N(C)C)CCCC1. The van der Waals surface area contributed by atoms with Crippen molar-refractivity contribution in [3.05, 3.63) is 16.4 Å². The van der Waals surface area contributed by atoms with Gasteiger partial charge in [0.05, 0.1) is 22.4 Å². The average molecular weight is 315 g/mol. The Kier molecular flexibility index (Phi) is 4.14. The molecule has 1 aromatic rings. The first-order valence-corrected chi connectivity index (χ1v) is 7.34. The Bertz CT molecular complexity index is 388. The molecule has 0 aliphatic heterocycles. The van der Waals surface area contributed by atoms with Crippen molar-refractivity contribution in [1.29, 1.82) is 0 Å². The van der Waals surface area contributed by atoms with Gasteiger partial charge in [-0.15, -0.1) is 0 Å². The molecule has 4 nitrogen and oxygen atoms in total. The van der Waals surface area contributed by atoms with E-state index < -0.39 is 0 Å². The van der Waals surface area contributed by atoms with E-state index in [0.29, 0.717) is 6.04 Å². The molecule has 1 N–H and O–H groups in total. The van der Waals surface area contributed by atoms with Crippen molar-refractivity contribution in [3.63, 3.8) is 0 Å². The Morgan fingerprint density at radius 3 is 2.44 bits per heavy atom. The third-order valence-electron chi connectivity index (χ3n) is 4.40. The van der Waals surface area contributed by atoms with Crippen LogP contribution in [-0.4, -0.2) is 41.4 Å². The molecule has 1 atom stereocenters. The first-order chi connectivity index (χ1) is 8.53. The fourth-order valence-corrected chi connectivity index (χ4v) is 3.96. The van der Waals surface area contributed by atoms with Gasteiger partial charge in [0.15, 0.2) is 0 Å². The lowest BCUT2D eigenvalue weighted by atomic mass is 9.84. The number of hydrogen-bond donors (Lipinski definition) is 1. The van der Waals surface area contributed by atoms with Crippen LogP contribution in [0.25, 0.3) is 0 Å². The molecular weight excluding hydrogens is 292 g/mol. The molecule has 18 heavy (non-hydrogen) atoms. The molecule has 102 valence electrons. The summed E-state index contributed by atoms with van der Waals surface area (Å²) in [5.41, 5.74) is 1.44. The van der Waals surface area contributed by atoms with Crippen LogP contribution in [0.2, 0.25) is 0 Å². The second-order valence-corrected chi connectivity index (χ2v) is 6.28.